The summed E-state index contributed by atoms with van der Waals surface area (Å²) in [7, 11) is 0. The summed E-state index contributed by atoms with van der Waals surface area (Å²) in [5.74, 6) is 1.54. The van der Waals surface area contributed by atoms with Gasteiger partial charge in [0.05, 0.1) is 6.61 Å². The lowest BCUT2D eigenvalue weighted by Gasteiger charge is -2.34. The molecule has 102 valence electrons. The van der Waals surface area contributed by atoms with Crippen LogP contribution in [0, 0.1) is 0 Å². The predicted molar refractivity (Wildman–Crippen MR) is 74.4 cm³/mol. The van der Waals surface area contributed by atoms with Crippen molar-refractivity contribution < 1.29 is 9.53 Å². The molecule has 1 aliphatic rings. The lowest BCUT2D eigenvalue weighted by molar-refractivity contribution is -0.126. The molecule has 5 heteroatoms. The minimum atomic E-state index is -0.00400. The molecule has 1 aromatic rings. The van der Waals surface area contributed by atoms with Gasteiger partial charge in [-0.25, -0.2) is 0 Å². The van der Waals surface area contributed by atoms with Crippen LogP contribution < -0.4 is 9.64 Å². The molecule has 0 aliphatic carbocycles. The fourth-order valence-corrected chi connectivity index (χ4v) is 2.09. The molecule has 0 aromatic carbocycles. The number of ether oxygens (including phenoxy) is 1. The van der Waals surface area contributed by atoms with Gasteiger partial charge < -0.3 is 14.5 Å². The highest BCUT2D eigenvalue weighted by molar-refractivity contribution is 5.87. The standard InChI is InChI=1S/C14H19N3O2/c1-3-14(18)17-10-8-16(9-11-17)12-6-5-7-13(15-12)19-4-2/h3,5-7H,1,4,8-11H2,2H3. The molecule has 0 spiro atoms. The molecule has 1 saturated heterocycles. The number of nitrogens with zero attached hydrogens (tertiary/aromatic N) is 3. The highest BCUT2D eigenvalue weighted by atomic mass is 16.5. The van der Waals surface area contributed by atoms with Crippen LogP contribution in [0.5, 0.6) is 5.88 Å². The van der Waals surface area contributed by atoms with E-state index in [9.17, 15) is 4.79 Å². The first-order valence-corrected chi connectivity index (χ1v) is 6.50. The maximum atomic E-state index is 11.5. The zero-order chi connectivity index (χ0) is 13.7. The van der Waals surface area contributed by atoms with Crippen molar-refractivity contribution in [3.05, 3.63) is 30.9 Å². The van der Waals surface area contributed by atoms with E-state index < -0.39 is 0 Å². The van der Waals surface area contributed by atoms with Crippen molar-refractivity contribution in [1.82, 2.24) is 9.88 Å². The topological polar surface area (TPSA) is 45.7 Å². The first kappa shape index (κ1) is 13.4. The molecule has 0 saturated carbocycles. The fourth-order valence-electron chi connectivity index (χ4n) is 2.09. The Bertz CT molecular complexity index is 454. The summed E-state index contributed by atoms with van der Waals surface area (Å²) in [6.07, 6.45) is 1.36. The van der Waals surface area contributed by atoms with Gasteiger partial charge in [-0.2, -0.15) is 4.98 Å². The molecule has 1 fully saturated rings. The van der Waals surface area contributed by atoms with Crippen LogP contribution >= 0.6 is 0 Å². The first-order valence-electron chi connectivity index (χ1n) is 6.50. The summed E-state index contributed by atoms with van der Waals surface area (Å²) >= 11 is 0. The van der Waals surface area contributed by atoms with E-state index in [1.54, 1.807) is 4.90 Å². The zero-order valence-corrected chi connectivity index (χ0v) is 11.2. The Morgan fingerprint density at radius 3 is 2.79 bits per heavy atom. The molecule has 1 amide bonds. The normalized spacial score (nSPS) is 15.2. The maximum absolute atomic E-state index is 11.5. The van der Waals surface area contributed by atoms with Gasteiger partial charge in [0.25, 0.3) is 0 Å². The molecule has 0 N–H and O–H groups in total. The number of hydrogen-bond acceptors (Lipinski definition) is 4. The van der Waals surface area contributed by atoms with Crippen LogP contribution in [0.25, 0.3) is 0 Å². The van der Waals surface area contributed by atoms with Crippen LogP contribution in [-0.4, -0.2) is 48.6 Å². The van der Waals surface area contributed by atoms with Gasteiger partial charge >= 0.3 is 0 Å². The Balaban J connectivity index is 1.99. The van der Waals surface area contributed by atoms with Crippen LogP contribution in [0.4, 0.5) is 5.82 Å². The smallest absolute Gasteiger partial charge is 0.246 e. The van der Waals surface area contributed by atoms with Crippen LogP contribution in [0.15, 0.2) is 30.9 Å². The molecule has 1 aromatic heterocycles. The van der Waals surface area contributed by atoms with Gasteiger partial charge in [0, 0.05) is 32.2 Å². The molecule has 19 heavy (non-hydrogen) atoms. The fraction of sp³-hybridized carbons (Fsp3) is 0.429. The van der Waals surface area contributed by atoms with Gasteiger partial charge in [0.2, 0.25) is 11.8 Å². The van der Waals surface area contributed by atoms with Crippen molar-refractivity contribution in [2.45, 2.75) is 6.92 Å². The largest absolute Gasteiger partial charge is 0.478 e. The van der Waals surface area contributed by atoms with Crippen molar-refractivity contribution in [3.63, 3.8) is 0 Å². The van der Waals surface area contributed by atoms with Crippen LogP contribution in [0.1, 0.15) is 6.92 Å². The third-order valence-corrected chi connectivity index (χ3v) is 3.09. The van der Waals surface area contributed by atoms with E-state index in [-0.39, 0.29) is 5.91 Å². The zero-order valence-electron chi connectivity index (χ0n) is 11.2. The van der Waals surface area contributed by atoms with Crippen molar-refractivity contribution in [3.8, 4) is 5.88 Å². The lowest BCUT2D eigenvalue weighted by atomic mass is 10.3. The molecule has 0 unspecified atom stereocenters. The van der Waals surface area contributed by atoms with Crippen molar-refractivity contribution in [2.24, 2.45) is 0 Å². The van der Waals surface area contributed by atoms with Gasteiger partial charge in [0.15, 0.2) is 0 Å². The molecule has 0 bridgehead atoms. The number of aromatic nitrogens is 1. The second-order valence-electron chi connectivity index (χ2n) is 4.28. The third-order valence-electron chi connectivity index (χ3n) is 3.09. The second-order valence-corrected chi connectivity index (χ2v) is 4.28. The number of carbonyl (C=O) groups is 1. The van der Waals surface area contributed by atoms with Gasteiger partial charge in [-0.3, -0.25) is 4.79 Å². The van der Waals surface area contributed by atoms with E-state index >= 15 is 0 Å². The number of piperazine rings is 1. The van der Waals surface area contributed by atoms with Gasteiger partial charge in [0.1, 0.15) is 5.82 Å². The third kappa shape index (κ3) is 3.24. The van der Waals surface area contributed by atoms with Crippen LogP contribution in [0.3, 0.4) is 0 Å². The molecule has 2 heterocycles. The Morgan fingerprint density at radius 2 is 2.16 bits per heavy atom. The summed E-state index contributed by atoms with van der Waals surface area (Å²) in [4.78, 5) is 19.9. The van der Waals surface area contributed by atoms with Gasteiger partial charge in [-0.1, -0.05) is 12.6 Å². The van der Waals surface area contributed by atoms with Crippen molar-refractivity contribution >= 4 is 11.7 Å². The maximum Gasteiger partial charge on any atom is 0.246 e. The Kier molecular flexibility index (Phi) is 4.39. The molecular weight excluding hydrogens is 242 g/mol. The minimum absolute atomic E-state index is 0.00400. The predicted octanol–water partition coefficient (Wildman–Crippen LogP) is 1.31. The van der Waals surface area contributed by atoms with Crippen LogP contribution in [0.2, 0.25) is 0 Å². The van der Waals surface area contributed by atoms with E-state index in [0.717, 1.165) is 18.9 Å². The van der Waals surface area contributed by atoms with E-state index in [1.807, 2.05) is 25.1 Å². The Labute approximate surface area is 113 Å². The lowest BCUT2D eigenvalue weighted by Crippen LogP contribution is -2.48. The summed E-state index contributed by atoms with van der Waals surface area (Å²) in [5.41, 5.74) is 0. The quantitative estimate of drug-likeness (QED) is 0.767. The highest BCUT2D eigenvalue weighted by Gasteiger charge is 2.20. The number of amides is 1. The Hall–Kier alpha value is -2.04. The first-order chi connectivity index (χ1) is 9.24. The van der Waals surface area contributed by atoms with Gasteiger partial charge in [-0.05, 0) is 19.1 Å². The highest BCUT2D eigenvalue weighted by Crippen LogP contribution is 2.17. The molecule has 0 radical (unpaired) electrons. The summed E-state index contributed by atoms with van der Waals surface area (Å²) in [6, 6.07) is 5.76. The number of rotatable bonds is 4. The van der Waals surface area contributed by atoms with Crippen molar-refractivity contribution in [1.29, 1.82) is 0 Å². The average Bonchev–Trinajstić information content (AvgIpc) is 2.47. The van der Waals surface area contributed by atoms with E-state index in [0.29, 0.717) is 25.6 Å². The number of pyridine rings is 1. The molecule has 0 atom stereocenters. The molecule has 5 nitrogen and oxygen atoms in total. The average molecular weight is 261 g/mol. The number of hydrogen-bond donors (Lipinski definition) is 0. The van der Waals surface area contributed by atoms with E-state index in [2.05, 4.69) is 16.5 Å². The second kappa shape index (κ2) is 6.22. The van der Waals surface area contributed by atoms with Crippen molar-refractivity contribution in [2.75, 3.05) is 37.7 Å². The number of anilines is 1. The van der Waals surface area contributed by atoms with E-state index in [1.165, 1.54) is 6.08 Å². The summed E-state index contributed by atoms with van der Waals surface area (Å²) in [6.45, 7) is 9.02. The number of carbonyl (C=O) groups excluding carboxylic acids is 1. The molecule has 2 rings (SSSR count). The minimum Gasteiger partial charge on any atom is -0.478 e. The van der Waals surface area contributed by atoms with Crippen LogP contribution in [-0.2, 0) is 4.79 Å². The van der Waals surface area contributed by atoms with E-state index in [4.69, 9.17) is 4.74 Å². The molecule has 1 aliphatic heterocycles. The van der Waals surface area contributed by atoms with Gasteiger partial charge in [-0.15, -0.1) is 0 Å². The Morgan fingerprint density at radius 1 is 1.42 bits per heavy atom. The summed E-state index contributed by atoms with van der Waals surface area (Å²) < 4.78 is 5.40. The SMILES string of the molecule is C=CC(=O)N1CCN(c2cccc(OCC)n2)CC1. The summed E-state index contributed by atoms with van der Waals surface area (Å²) in [5, 5.41) is 0. The monoisotopic (exact) mass is 261 g/mol. The molecular formula is C14H19N3O2.